The highest BCUT2D eigenvalue weighted by atomic mass is 32.1. The van der Waals surface area contributed by atoms with E-state index < -0.39 is 6.04 Å². The lowest BCUT2D eigenvalue weighted by Crippen LogP contribution is -2.48. The third kappa shape index (κ3) is 5.41. The highest BCUT2D eigenvalue weighted by molar-refractivity contribution is 7.12. The maximum absolute atomic E-state index is 12.9. The number of carbonyl (C=O) groups excluding carboxylic acids is 2. The van der Waals surface area contributed by atoms with Gasteiger partial charge in [-0.3, -0.25) is 9.59 Å². The van der Waals surface area contributed by atoms with E-state index in [9.17, 15) is 9.59 Å². The molecule has 158 valence electrons. The monoisotopic (exact) mass is 431 g/mol. The smallest absolute Gasteiger partial charge is 0.262 e. The van der Waals surface area contributed by atoms with Crippen LogP contribution in [0.15, 0.2) is 84.4 Å². The Morgan fingerprint density at radius 1 is 0.935 bits per heavy atom. The first-order valence-electron chi connectivity index (χ1n) is 10.4. The van der Waals surface area contributed by atoms with Crippen LogP contribution in [-0.4, -0.2) is 29.0 Å². The molecule has 5 nitrogen and oxygen atoms in total. The number of hydrogen-bond donors (Lipinski definition) is 2. The van der Waals surface area contributed by atoms with Crippen molar-refractivity contribution in [3.8, 4) is 0 Å². The minimum atomic E-state index is -0.621. The number of amides is 2. The number of rotatable bonds is 9. The lowest BCUT2D eigenvalue weighted by Gasteiger charge is -2.18. The average molecular weight is 432 g/mol. The zero-order valence-corrected chi connectivity index (χ0v) is 18.0. The molecule has 2 aromatic heterocycles. The van der Waals surface area contributed by atoms with Crippen molar-refractivity contribution in [1.29, 1.82) is 0 Å². The number of hydrogen-bond acceptors (Lipinski definition) is 3. The number of aryl methyl sites for hydroxylation is 1. The topological polar surface area (TPSA) is 63.1 Å². The molecule has 1 atom stereocenters. The zero-order chi connectivity index (χ0) is 21.5. The van der Waals surface area contributed by atoms with Crippen molar-refractivity contribution in [3.05, 3.63) is 94.8 Å². The second-order valence-corrected chi connectivity index (χ2v) is 8.35. The number of para-hydroxylation sites is 1. The van der Waals surface area contributed by atoms with Crippen molar-refractivity contribution >= 4 is 34.1 Å². The molecule has 0 fully saturated rings. The number of benzene rings is 2. The Hall–Kier alpha value is -3.38. The summed E-state index contributed by atoms with van der Waals surface area (Å²) in [7, 11) is 0. The van der Waals surface area contributed by atoms with Gasteiger partial charge in [-0.05, 0) is 40.9 Å². The molecule has 2 N–H and O–H groups in total. The first-order valence-corrected chi connectivity index (χ1v) is 11.3. The second-order valence-electron chi connectivity index (χ2n) is 7.41. The van der Waals surface area contributed by atoms with Gasteiger partial charge in [-0.1, -0.05) is 54.6 Å². The van der Waals surface area contributed by atoms with Gasteiger partial charge in [-0.15, -0.1) is 11.3 Å². The van der Waals surface area contributed by atoms with Crippen LogP contribution in [0.4, 0.5) is 0 Å². The van der Waals surface area contributed by atoms with Crippen LogP contribution in [0.3, 0.4) is 0 Å². The molecule has 6 heteroatoms. The minimum absolute atomic E-state index is 0.161. The van der Waals surface area contributed by atoms with Crippen LogP contribution in [0, 0.1) is 0 Å². The van der Waals surface area contributed by atoms with E-state index in [1.54, 1.807) is 6.07 Å². The van der Waals surface area contributed by atoms with Gasteiger partial charge in [0.15, 0.2) is 0 Å². The Morgan fingerprint density at radius 3 is 2.55 bits per heavy atom. The summed E-state index contributed by atoms with van der Waals surface area (Å²) in [5, 5.41) is 8.97. The van der Waals surface area contributed by atoms with Crippen molar-refractivity contribution in [1.82, 2.24) is 15.2 Å². The van der Waals surface area contributed by atoms with Gasteiger partial charge >= 0.3 is 0 Å². The maximum atomic E-state index is 12.9. The van der Waals surface area contributed by atoms with Gasteiger partial charge in [0.25, 0.3) is 5.91 Å². The van der Waals surface area contributed by atoms with Crippen LogP contribution in [0.1, 0.15) is 21.7 Å². The molecular weight excluding hydrogens is 406 g/mol. The summed E-state index contributed by atoms with van der Waals surface area (Å²) in [5.74, 6) is -0.379. The Kier molecular flexibility index (Phi) is 6.79. The van der Waals surface area contributed by atoms with Gasteiger partial charge in [0.2, 0.25) is 5.91 Å². The molecule has 0 radical (unpaired) electrons. The first-order chi connectivity index (χ1) is 15.2. The molecule has 0 aliphatic heterocycles. The predicted molar refractivity (Wildman–Crippen MR) is 125 cm³/mol. The van der Waals surface area contributed by atoms with E-state index in [1.807, 2.05) is 53.9 Å². The van der Waals surface area contributed by atoms with Crippen molar-refractivity contribution in [3.63, 3.8) is 0 Å². The molecule has 4 aromatic rings. The zero-order valence-electron chi connectivity index (χ0n) is 17.2. The summed E-state index contributed by atoms with van der Waals surface area (Å²) >= 11 is 1.37. The van der Waals surface area contributed by atoms with E-state index in [0.29, 0.717) is 17.8 Å². The second kappa shape index (κ2) is 10.1. The highest BCUT2D eigenvalue weighted by Gasteiger charge is 2.22. The minimum Gasteiger partial charge on any atom is -0.354 e. The van der Waals surface area contributed by atoms with Crippen molar-refractivity contribution < 1.29 is 9.59 Å². The molecule has 0 saturated carbocycles. The quantitative estimate of drug-likeness (QED) is 0.389. The standard InChI is InChI=1S/C25H25N3O2S/c29-24(26-14-7-15-28-16-13-20-10-4-5-11-22(20)28)21(18-19-8-2-1-3-9-19)27-25(30)23-12-6-17-31-23/h1-6,8-13,16-17,21H,7,14-15,18H2,(H,26,29)(H,27,30)/t21-/m0/s1. The van der Waals surface area contributed by atoms with Crippen LogP contribution < -0.4 is 10.6 Å². The fourth-order valence-corrected chi connectivity index (χ4v) is 4.24. The predicted octanol–water partition coefficient (Wildman–Crippen LogP) is 4.25. The van der Waals surface area contributed by atoms with E-state index in [2.05, 4.69) is 39.6 Å². The first kappa shape index (κ1) is 20.9. The highest BCUT2D eigenvalue weighted by Crippen LogP contribution is 2.15. The van der Waals surface area contributed by atoms with Crippen molar-refractivity contribution in [2.24, 2.45) is 0 Å². The van der Waals surface area contributed by atoms with Gasteiger partial charge in [0.1, 0.15) is 6.04 Å². The molecule has 0 saturated heterocycles. The summed E-state index contributed by atoms with van der Waals surface area (Å²) in [6.07, 6.45) is 3.33. The fraction of sp³-hybridized carbons (Fsp3) is 0.200. The molecule has 2 heterocycles. The number of carbonyl (C=O) groups is 2. The Balaban J connectivity index is 1.35. The number of nitrogens with zero attached hydrogens (tertiary/aromatic N) is 1. The largest absolute Gasteiger partial charge is 0.354 e. The van der Waals surface area contributed by atoms with Crippen LogP contribution in [-0.2, 0) is 17.8 Å². The molecular formula is C25H25N3O2S. The maximum Gasteiger partial charge on any atom is 0.262 e. The molecule has 0 aliphatic carbocycles. The number of aromatic nitrogens is 1. The van der Waals surface area contributed by atoms with Crippen LogP contribution in [0.5, 0.6) is 0 Å². The van der Waals surface area contributed by atoms with E-state index >= 15 is 0 Å². The number of fused-ring (bicyclic) bond motifs is 1. The molecule has 0 bridgehead atoms. The van der Waals surface area contributed by atoms with Gasteiger partial charge < -0.3 is 15.2 Å². The summed E-state index contributed by atoms with van der Waals surface area (Å²) in [6.45, 7) is 1.37. The average Bonchev–Trinajstić information content (AvgIpc) is 3.47. The lowest BCUT2D eigenvalue weighted by molar-refractivity contribution is -0.122. The van der Waals surface area contributed by atoms with Crippen LogP contribution in [0.25, 0.3) is 10.9 Å². The summed E-state index contributed by atoms with van der Waals surface area (Å²) < 4.78 is 2.20. The molecule has 2 aromatic carbocycles. The van der Waals surface area contributed by atoms with E-state index in [4.69, 9.17) is 0 Å². The SMILES string of the molecule is O=C(N[C@@H](Cc1ccccc1)C(=O)NCCCn1ccc2ccccc21)c1cccs1. The van der Waals surface area contributed by atoms with Gasteiger partial charge in [0, 0.05) is 31.2 Å². The molecule has 4 rings (SSSR count). The molecule has 2 amide bonds. The Labute approximate surface area is 185 Å². The molecule has 0 aliphatic rings. The van der Waals surface area contributed by atoms with E-state index in [-0.39, 0.29) is 11.8 Å². The van der Waals surface area contributed by atoms with E-state index in [0.717, 1.165) is 18.5 Å². The Bertz CT molecular complexity index is 1140. The van der Waals surface area contributed by atoms with Crippen LogP contribution in [0.2, 0.25) is 0 Å². The van der Waals surface area contributed by atoms with Gasteiger partial charge in [-0.25, -0.2) is 0 Å². The van der Waals surface area contributed by atoms with Crippen molar-refractivity contribution in [2.75, 3.05) is 6.54 Å². The Morgan fingerprint density at radius 2 is 1.74 bits per heavy atom. The van der Waals surface area contributed by atoms with Crippen molar-refractivity contribution in [2.45, 2.75) is 25.4 Å². The summed E-state index contributed by atoms with van der Waals surface area (Å²) in [5.41, 5.74) is 2.20. The summed E-state index contributed by atoms with van der Waals surface area (Å²) in [6, 6.07) is 23.1. The number of thiophene rings is 1. The lowest BCUT2D eigenvalue weighted by atomic mass is 10.1. The fourth-order valence-electron chi connectivity index (χ4n) is 3.62. The third-order valence-electron chi connectivity index (χ3n) is 5.20. The third-order valence-corrected chi connectivity index (χ3v) is 6.07. The summed E-state index contributed by atoms with van der Waals surface area (Å²) in [4.78, 5) is 26.0. The normalized spacial score (nSPS) is 11.9. The van der Waals surface area contributed by atoms with Crippen LogP contribution >= 0.6 is 11.3 Å². The molecule has 0 unspecified atom stereocenters. The number of nitrogens with one attached hydrogen (secondary N) is 2. The molecule has 0 spiro atoms. The van der Waals surface area contributed by atoms with E-state index in [1.165, 1.54) is 22.2 Å². The molecule has 31 heavy (non-hydrogen) atoms. The van der Waals surface area contributed by atoms with Gasteiger partial charge in [0.05, 0.1) is 4.88 Å². The van der Waals surface area contributed by atoms with Gasteiger partial charge in [-0.2, -0.15) is 0 Å².